The number of carbonyl (C=O) groups excluding carboxylic acids is 1. The SMILES string of the molecule is CCCCCCOCOCNC(=O)c1ccc[n+](COCCCCCC)c1. The zero-order chi connectivity index (χ0) is 19.6. The Balaban J connectivity index is 2.14. The highest BCUT2D eigenvalue weighted by molar-refractivity contribution is 5.93. The summed E-state index contributed by atoms with van der Waals surface area (Å²) < 4.78 is 18.2. The Kier molecular flexibility index (Phi) is 14.5. The number of amides is 1. The van der Waals surface area contributed by atoms with Gasteiger partial charge in [-0.15, -0.1) is 0 Å². The lowest BCUT2D eigenvalue weighted by Gasteiger charge is -2.07. The van der Waals surface area contributed by atoms with Crippen molar-refractivity contribution in [1.29, 1.82) is 0 Å². The van der Waals surface area contributed by atoms with Gasteiger partial charge in [-0.1, -0.05) is 52.4 Å². The quantitative estimate of drug-likeness (QED) is 0.253. The molecule has 0 aliphatic rings. The second-order valence-corrected chi connectivity index (χ2v) is 6.65. The van der Waals surface area contributed by atoms with Crippen LogP contribution in [0.5, 0.6) is 0 Å². The molecule has 0 saturated heterocycles. The number of hydrogen-bond acceptors (Lipinski definition) is 4. The van der Waals surface area contributed by atoms with Crippen molar-refractivity contribution >= 4 is 5.91 Å². The van der Waals surface area contributed by atoms with E-state index >= 15 is 0 Å². The lowest BCUT2D eigenvalue weighted by atomic mass is 10.2. The average Bonchev–Trinajstić information content (AvgIpc) is 2.69. The maximum atomic E-state index is 12.2. The van der Waals surface area contributed by atoms with Crippen LogP contribution in [0.15, 0.2) is 24.5 Å². The molecule has 154 valence electrons. The molecule has 1 aromatic rings. The predicted molar refractivity (Wildman–Crippen MR) is 105 cm³/mol. The molecule has 0 bridgehead atoms. The van der Waals surface area contributed by atoms with E-state index in [1.807, 2.05) is 16.8 Å². The third-order valence-electron chi connectivity index (χ3n) is 4.15. The van der Waals surface area contributed by atoms with Crippen molar-refractivity contribution in [1.82, 2.24) is 5.32 Å². The Labute approximate surface area is 164 Å². The Hall–Kier alpha value is -1.50. The summed E-state index contributed by atoms with van der Waals surface area (Å²) in [5.74, 6) is -0.171. The van der Waals surface area contributed by atoms with Gasteiger partial charge in [0.05, 0.1) is 6.61 Å². The van der Waals surface area contributed by atoms with Gasteiger partial charge in [0.1, 0.15) is 19.1 Å². The standard InChI is InChI=1S/C21H36N2O4/c1-3-5-7-9-14-25-18-23-13-11-12-20(16-23)21(24)22-17-27-19-26-15-10-8-6-4-2/h11-13,16H,3-10,14-15,17-19H2,1-2H3/p+1. The summed E-state index contributed by atoms with van der Waals surface area (Å²) in [6.07, 6.45) is 13.1. The lowest BCUT2D eigenvalue weighted by molar-refractivity contribution is -0.732. The molecule has 1 rings (SSSR count). The molecule has 0 aliphatic heterocycles. The van der Waals surface area contributed by atoms with Gasteiger partial charge in [-0.3, -0.25) is 4.79 Å². The van der Waals surface area contributed by atoms with E-state index < -0.39 is 0 Å². The summed E-state index contributed by atoms with van der Waals surface area (Å²) in [5.41, 5.74) is 0.580. The Morgan fingerprint density at radius 2 is 1.67 bits per heavy atom. The summed E-state index contributed by atoms with van der Waals surface area (Å²) >= 11 is 0. The molecule has 6 nitrogen and oxygen atoms in total. The Morgan fingerprint density at radius 3 is 2.37 bits per heavy atom. The molecule has 0 spiro atoms. The number of ether oxygens (including phenoxy) is 3. The van der Waals surface area contributed by atoms with E-state index in [1.165, 1.54) is 38.5 Å². The number of unbranched alkanes of at least 4 members (excludes halogenated alkanes) is 6. The van der Waals surface area contributed by atoms with Crippen LogP contribution >= 0.6 is 0 Å². The zero-order valence-corrected chi connectivity index (χ0v) is 17.1. The predicted octanol–water partition coefficient (Wildman–Crippen LogP) is 3.79. The minimum absolute atomic E-state index is 0.136. The van der Waals surface area contributed by atoms with Crippen molar-refractivity contribution in [3.63, 3.8) is 0 Å². The smallest absolute Gasteiger partial charge is 0.259 e. The van der Waals surface area contributed by atoms with Crippen molar-refractivity contribution in [3.8, 4) is 0 Å². The second kappa shape index (κ2) is 16.7. The molecule has 1 heterocycles. The fourth-order valence-corrected chi connectivity index (χ4v) is 2.55. The van der Waals surface area contributed by atoms with E-state index in [4.69, 9.17) is 14.2 Å². The van der Waals surface area contributed by atoms with Crippen LogP contribution in [-0.4, -0.2) is 32.6 Å². The number of carbonyl (C=O) groups is 1. The van der Waals surface area contributed by atoms with Crippen LogP contribution in [-0.2, 0) is 20.9 Å². The Bertz CT molecular complexity index is 497. The van der Waals surface area contributed by atoms with Crippen LogP contribution in [0, 0.1) is 0 Å². The van der Waals surface area contributed by atoms with Gasteiger partial charge < -0.3 is 19.5 Å². The van der Waals surface area contributed by atoms with Crippen LogP contribution in [0.3, 0.4) is 0 Å². The topological polar surface area (TPSA) is 60.7 Å². The van der Waals surface area contributed by atoms with E-state index in [2.05, 4.69) is 19.2 Å². The van der Waals surface area contributed by atoms with Crippen molar-refractivity contribution < 1.29 is 23.6 Å². The van der Waals surface area contributed by atoms with Crippen molar-refractivity contribution in [2.24, 2.45) is 0 Å². The van der Waals surface area contributed by atoms with Gasteiger partial charge in [0.25, 0.3) is 12.6 Å². The molecule has 0 radical (unpaired) electrons. The fraction of sp³-hybridized carbons (Fsp3) is 0.714. The second-order valence-electron chi connectivity index (χ2n) is 6.65. The number of pyridine rings is 1. The summed E-state index contributed by atoms with van der Waals surface area (Å²) in [7, 11) is 0. The van der Waals surface area contributed by atoms with Gasteiger partial charge in [0.2, 0.25) is 0 Å². The number of rotatable bonds is 17. The molecule has 27 heavy (non-hydrogen) atoms. The van der Waals surface area contributed by atoms with Crippen LogP contribution < -0.4 is 9.88 Å². The third kappa shape index (κ3) is 12.5. The van der Waals surface area contributed by atoms with E-state index in [1.54, 1.807) is 12.3 Å². The number of nitrogens with zero attached hydrogens (tertiary/aromatic N) is 1. The molecule has 1 N–H and O–H groups in total. The van der Waals surface area contributed by atoms with Crippen molar-refractivity contribution in [2.75, 3.05) is 26.7 Å². The Morgan fingerprint density at radius 1 is 0.963 bits per heavy atom. The minimum Gasteiger partial charge on any atom is -0.355 e. The van der Waals surface area contributed by atoms with Crippen molar-refractivity contribution in [3.05, 3.63) is 30.1 Å². The largest absolute Gasteiger partial charge is 0.355 e. The summed E-state index contributed by atoms with van der Waals surface area (Å²) in [4.78, 5) is 12.2. The normalized spacial score (nSPS) is 10.9. The highest BCUT2D eigenvalue weighted by Crippen LogP contribution is 2.00. The average molecular weight is 382 g/mol. The first-order valence-corrected chi connectivity index (χ1v) is 10.3. The number of aromatic nitrogens is 1. The molecular formula is C21H37N2O4+. The number of nitrogens with one attached hydrogen (secondary N) is 1. The van der Waals surface area contributed by atoms with E-state index in [-0.39, 0.29) is 19.4 Å². The first-order valence-electron chi connectivity index (χ1n) is 10.3. The first-order chi connectivity index (χ1) is 13.3. The van der Waals surface area contributed by atoms with Gasteiger partial charge in [0, 0.05) is 12.7 Å². The molecule has 0 atom stereocenters. The maximum Gasteiger partial charge on any atom is 0.259 e. The van der Waals surface area contributed by atoms with Gasteiger partial charge >= 0.3 is 0 Å². The molecule has 1 amide bonds. The van der Waals surface area contributed by atoms with Gasteiger partial charge in [-0.2, -0.15) is 4.57 Å². The van der Waals surface area contributed by atoms with E-state index in [0.29, 0.717) is 18.9 Å². The monoisotopic (exact) mass is 381 g/mol. The fourth-order valence-electron chi connectivity index (χ4n) is 2.55. The maximum absolute atomic E-state index is 12.2. The first kappa shape index (κ1) is 23.5. The van der Waals surface area contributed by atoms with Gasteiger partial charge in [-0.05, 0) is 18.9 Å². The molecule has 0 aliphatic carbocycles. The van der Waals surface area contributed by atoms with Gasteiger partial charge in [-0.25, -0.2) is 0 Å². The summed E-state index contributed by atoms with van der Waals surface area (Å²) in [5, 5.41) is 2.73. The minimum atomic E-state index is -0.171. The highest BCUT2D eigenvalue weighted by atomic mass is 16.7. The molecule has 0 aromatic carbocycles. The molecule has 0 fully saturated rings. The van der Waals surface area contributed by atoms with E-state index in [9.17, 15) is 4.79 Å². The molecular weight excluding hydrogens is 344 g/mol. The summed E-state index contributed by atoms with van der Waals surface area (Å²) in [6.45, 7) is 6.61. The van der Waals surface area contributed by atoms with Crippen LogP contribution in [0.4, 0.5) is 0 Å². The molecule has 0 saturated carbocycles. The van der Waals surface area contributed by atoms with Crippen molar-refractivity contribution in [2.45, 2.75) is 71.9 Å². The molecule has 6 heteroatoms. The number of hydrogen-bond donors (Lipinski definition) is 1. The van der Waals surface area contributed by atoms with Gasteiger partial charge in [0.15, 0.2) is 12.4 Å². The molecule has 0 unspecified atom stereocenters. The van der Waals surface area contributed by atoms with E-state index in [0.717, 1.165) is 19.4 Å². The summed E-state index contributed by atoms with van der Waals surface area (Å²) in [6, 6.07) is 3.62. The lowest BCUT2D eigenvalue weighted by Crippen LogP contribution is -2.37. The highest BCUT2D eigenvalue weighted by Gasteiger charge is 2.10. The van der Waals surface area contributed by atoms with Crippen LogP contribution in [0.2, 0.25) is 0 Å². The van der Waals surface area contributed by atoms with Crippen LogP contribution in [0.1, 0.15) is 75.6 Å². The third-order valence-corrected chi connectivity index (χ3v) is 4.15. The molecule has 1 aromatic heterocycles. The van der Waals surface area contributed by atoms with Crippen LogP contribution in [0.25, 0.3) is 0 Å². The zero-order valence-electron chi connectivity index (χ0n) is 17.1.